The fraction of sp³-hybridized carbons (Fsp3) is 0.900. The molecule has 0 aromatic rings. The summed E-state index contributed by atoms with van der Waals surface area (Å²) in [6.07, 6.45) is 22.9. The number of rotatable bonds is 16. The molecule has 0 aromatic carbocycles. The van der Waals surface area contributed by atoms with E-state index in [1.807, 2.05) is 0 Å². The Labute approximate surface area is 175 Å². The molecule has 0 rings (SSSR count). The van der Waals surface area contributed by atoms with E-state index in [1.165, 1.54) is 103 Å². The van der Waals surface area contributed by atoms with Crippen molar-refractivity contribution >= 4 is 11.9 Å². The Hall–Kier alpha value is -0.386. The van der Waals surface area contributed by atoms with Crippen molar-refractivity contribution in [3.63, 3.8) is 0 Å². The molecule has 0 atom stereocenters. The number of hydrogen-bond acceptors (Lipinski definition) is 3. The zero-order valence-corrected chi connectivity index (χ0v) is 18.4. The first-order valence-corrected chi connectivity index (χ1v) is 10.2. The fourth-order valence-electron chi connectivity index (χ4n) is 2.69. The smallest absolute Gasteiger partial charge is 0.414 e. The third kappa shape index (κ3) is 31.4. The summed E-state index contributed by atoms with van der Waals surface area (Å²) in [7, 11) is 0. The van der Waals surface area contributed by atoms with Crippen molar-refractivity contribution in [3.05, 3.63) is 0 Å². The second kappa shape index (κ2) is 26.8. The summed E-state index contributed by atoms with van der Waals surface area (Å²) in [5.74, 6) is -3.65. The van der Waals surface area contributed by atoms with Crippen molar-refractivity contribution in [2.45, 2.75) is 110 Å². The van der Waals surface area contributed by atoms with Gasteiger partial charge in [0.2, 0.25) is 0 Å². The van der Waals surface area contributed by atoms with Gasteiger partial charge in [-0.25, -0.2) is 9.59 Å². The van der Waals surface area contributed by atoms with Gasteiger partial charge in [0.25, 0.3) is 0 Å². The Kier molecular flexibility index (Phi) is 31.3. The van der Waals surface area contributed by atoms with Crippen LogP contribution in [0.2, 0.25) is 0 Å². The van der Waals surface area contributed by atoms with Gasteiger partial charge in [-0.3, -0.25) is 0 Å². The SMILES string of the molecule is CCCCCCCCCCCCCCCCCCN.O=C(O)C(=O)O.[Ti]. The van der Waals surface area contributed by atoms with Gasteiger partial charge in [0.15, 0.2) is 0 Å². The molecule has 0 aliphatic heterocycles. The van der Waals surface area contributed by atoms with Crippen LogP contribution in [0.4, 0.5) is 0 Å². The Morgan fingerprint density at radius 3 is 1.00 bits per heavy atom. The number of carbonyl (C=O) groups is 2. The minimum absolute atomic E-state index is 0. The molecule has 0 amide bonds. The van der Waals surface area contributed by atoms with E-state index in [2.05, 4.69) is 6.92 Å². The summed E-state index contributed by atoms with van der Waals surface area (Å²) in [5, 5.41) is 14.8. The molecule has 0 aliphatic carbocycles. The third-order valence-corrected chi connectivity index (χ3v) is 4.24. The van der Waals surface area contributed by atoms with Crippen LogP contribution in [-0.4, -0.2) is 28.7 Å². The van der Waals surface area contributed by atoms with Crippen LogP contribution in [0.25, 0.3) is 0 Å². The van der Waals surface area contributed by atoms with Crippen molar-refractivity contribution in [2.24, 2.45) is 5.73 Å². The molecule has 0 fully saturated rings. The molecule has 0 radical (unpaired) electrons. The molecule has 0 heterocycles. The average Bonchev–Trinajstić information content (AvgIpc) is 2.59. The normalized spacial score (nSPS) is 9.77. The Morgan fingerprint density at radius 1 is 0.577 bits per heavy atom. The van der Waals surface area contributed by atoms with Crippen molar-refractivity contribution in [3.8, 4) is 0 Å². The zero-order valence-electron chi connectivity index (χ0n) is 16.8. The van der Waals surface area contributed by atoms with Crippen LogP contribution in [0.3, 0.4) is 0 Å². The predicted molar refractivity (Wildman–Crippen MR) is 104 cm³/mol. The van der Waals surface area contributed by atoms with E-state index in [-0.39, 0.29) is 21.7 Å². The Bertz CT molecular complexity index is 274. The second-order valence-electron chi connectivity index (χ2n) is 6.70. The van der Waals surface area contributed by atoms with Gasteiger partial charge in [0.05, 0.1) is 0 Å². The van der Waals surface area contributed by atoms with Crippen LogP contribution in [0, 0.1) is 0 Å². The van der Waals surface area contributed by atoms with Gasteiger partial charge in [0.1, 0.15) is 0 Å². The molecule has 154 valence electrons. The van der Waals surface area contributed by atoms with E-state index < -0.39 is 11.9 Å². The van der Waals surface area contributed by atoms with E-state index in [1.54, 1.807) is 0 Å². The number of unbranched alkanes of at least 4 members (excludes halogenated alkanes) is 15. The van der Waals surface area contributed by atoms with Crippen LogP contribution in [-0.2, 0) is 31.3 Å². The van der Waals surface area contributed by atoms with Crippen LogP contribution in [0.1, 0.15) is 110 Å². The summed E-state index contributed by atoms with van der Waals surface area (Å²) >= 11 is 0. The van der Waals surface area contributed by atoms with Gasteiger partial charge in [-0.15, -0.1) is 0 Å². The summed E-state index contributed by atoms with van der Waals surface area (Å²) in [6, 6.07) is 0. The van der Waals surface area contributed by atoms with E-state index in [0.29, 0.717) is 0 Å². The average molecular weight is 407 g/mol. The van der Waals surface area contributed by atoms with E-state index in [9.17, 15) is 0 Å². The third-order valence-electron chi connectivity index (χ3n) is 4.24. The first-order valence-electron chi connectivity index (χ1n) is 10.2. The van der Waals surface area contributed by atoms with Crippen LogP contribution >= 0.6 is 0 Å². The van der Waals surface area contributed by atoms with E-state index in [0.717, 1.165) is 6.54 Å². The molecule has 0 saturated heterocycles. The zero-order chi connectivity index (χ0) is 19.2. The Balaban J connectivity index is -0.000000649. The van der Waals surface area contributed by atoms with Crippen molar-refractivity contribution in [1.82, 2.24) is 0 Å². The molecule has 0 aromatic heterocycles. The largest absolute Gasteiger partial charge is 0.473 e. The predicted octanol–water partition coefficient (Wildman–Crippen LogP) is 5.36. The van der Waals surface area contributed by atoms with E-state index >= 15 is 0 Å². The molecule has 0 bridgehead atoms. The molecule has 4 N–H and O–H groups in total. The first-order chi connectivity index (χ1) is 12.1. The number of carboxylic acid groups (broad SMARTS) is 2. The fourth-order valence-corrected chi connectivity index (χ4v) is 2.69. The summed E-state index contributed by atoms with van der Waals surface area (Å²) < 4.78 is 0. The van der Waals surface area contributed by atoms with E-state index in [4.69, 9.17) is 25.5 Å². The maximum Gasteiger partial charge on any atom is 0.414 e. The topological polar surface area (TPSA) is 101 Å². The molecule has 0 spiro atoms. The first kappa shape index (κ1) is 30.3. The summed E-state index contributed by atoms with van der Waals surface area (Å²) in [6.45, 7) is 3.16. The number of nitrogens with two attached hydrogens (primary N) is 1. The molecule has 5 nitrogen and oxygen atoms in total. The van der Waals surface area contributed by atoms with Gasteiger partial charge in [-0.1, -0.05) is 103 Å². The van der Waals surface area contributed by atoms with Gasteiger partial charge in [0, 0.05) is 21.7 Å². The monoisotopic (exact) mass is 407 g/mol. The Morgan fingerprint density at radius 2 is 0.808 bits per heavy atom. The van der Waals surface area contributed by atoms with Crippen molar-refractivity contribution in [2.75, 3.05) is 6.54 Å². The molecule has 26 heavy (non-hydrogen) atoms. The number of aliphatic carboxylic acids is 2. The number of hydrogen-bond donors (Lipinski definition) is 3. The van der Waals surface area contributed by atoms with Gasteiger partial charge in [-0.2, -0.15) is 0 Å². The maximum absolute atomic E-state index is 9.10. The van der Waals surface area contributed by atoms with Crippen molar-refractivity contribution in [1.29, 1.82) is 0 Å². The quantitative estimate of drug-likeness (QED) is 0.182. The maximum atomic E-state index is 9.10. The van der Waals surface area contributed by atoms with Crippen molar-refractivity contribution < 1.29 is 41.5 Å². The molecular weight excluding hydrogens is 366 g/mol. The van der Waals surface area contributed by atoms with Gasteiger partial charge < -0.3 is 15.9 Å². The molecule has 0 unspecified atom stereocenters. The summed E-state index contributed by atoms with van der Waals surface area (Å²) in [4.78, 5) is 18.2. The minimum Gasteiger partial charge on any atom is -0.473 e. The summed E-state index contributed by atoms with van der Waals surface area (Å²) in [5.41, 5.74) is 5.48. The standard InChI is InChI=1S/C18H39N.C2H2O4.Ti/c1-2-3-4-5-6-7-8-9-10-11-12-13-14-15-16-17-18-19;3-1(4)2(5)6;/h2-19H2,1H3;(H,3,4)(H,5,6);. The molecular formula is C20H41NO4Ti. The minimum atomic E-state index is -1.82. The molecule has 0 saturated carbocycles. The van der Waals surface area contributed by atoms with Gasteiger partial charge in [-0.05, 0) is 13.0 Å². The van der Waals surface area contributed by atoms with Gasteiger partial charge >= 0.3 is 11.9 Å². The molecule has 6 heteroatoms. The van der Waals surface area contributed by atoms with Crippen LogP contribution < -0.4 is 5.73 Å². The molecule has 0 aliphatic rings. The van der Waals surface area contributed by atoms with Crippen LogP contribution in [0.5, 0.6) is 0 Å². The van der Waals surface area contributed by atoms with Crippen LogP contribution in [0.15, 0.2) is 0 Å². The second-order valence-corrected chi connectivity index (χ2v) is 6.70. The number of carboxylic acids is 2.